The molecule has 0 aliphatic carbocycles. The van der Waals surface area contributed by atoms with Crippen LogP contribution in [0.2, 0.25) is 0 Å². The van der Waals surface area contributed by atoms with Gasteiger partial charge >= 0.3 is 0 Å². The summed E-state index contributed by atoms with van der Waals surface area (Å²) < 4.78 is 1.40. The zero-order valence-corrected chi connectivity index (χ0v) is 10.6. The van der Waals surface area contributed by atoms with Gasteiger partial charge in [0.05, 0.1) is 0 Å². The van der Waals surface area contributed by atoms with Crippen LogP contribution in [-0.2, 0) is 7.05 Å². The quantitative estimate of drug-likeness (QED) is 0.737. The topological polar surface area (TPSA) is 54.3 Å². The van der Waals surface area contributed by atoms with Gasteiger partial charge in [0.1, 0.15) is 5.56 Å². The normalized spacial score (nSPS) is 10.6. The van der Waals surface area contributed by atoms with Gasteiger partial charge in [0.2, 0.25) is 0 Å². The summed E-state index contributed by atoms with van der Waals surface area (Å²) in [7, 11) is 5.59. The Morgan fingerprint density at radius 1 is 1.47 bits per heavy atom. The molecule has 5 heteroatoms. The Kier molecular flexibility index (Phi) is 4.90. The van der Waals surface area contributed by atoms with E-state index in [0.29, 0.717) is 6.54 Å². The van der Waals surface area contributed by atoms with E-state index < -0.39 is 0 Å². The van der Waals surface area contributed by atoms with Gasteiger partial charge in [-0.25, -0.2) is 0 Å². The number of hydrogen-bond donors (Lipinski definition) is 1. The molecule has 17 heavy (non-hydrogen) atoms. The molecule has 94 valence electrons. The first-order valence-electron chi connectivity index (χ1n) is 5.61. The molecule has 0 atom stereocenters. The Bertz CT molecular complexity index is 438. The van der Waals surface area contributed by atoms with Gasteiger partial charge in [0.15, 0.2) is 0 Å². The summed E-state index contributed by atoms with van der Waals surface area (Å²) in [5.74, 6) is -0.301. The second-order valence-electron chi connectivity index (χ2n) is 4.25. The number of carbonyl (C=O) groups is 1. The number of hydrogen-bond acceptors (Lipinski definition) is 3. The van der Waals surface area contributed by atoms with Crippen molar-refractivity contribution in [3.05, 3.63) is 34.2 Å². The van der Waals surface area contributed by atoms with E-state index in [4.69, 9.17) is 0 Å². The fourth-order valence-corrected chi connectivity index (χ4v) is 1.46. The number of carbonyl (C=O) groups excluding carboxylic acids is 1. The van der Waals surface area contributed by atoms with E-state index in [0.717, 1.165) is 13.0 Å². The lowest BCUT2D eigenvalue weighted by molar-refractivity contribution is 0.0950. The average Bonchev–Trinajstić information content (AvgIpc) is 2.27. The standard InChI is InChI=1S/C12H19N3O2/c1-14(2)8-5-7-13-11(16)10-6-4-9-15(3)12(10)17/h4,6,9H,5,7-8H2,1-3H3,(H,13,16). The summed E-state index contributed by atoms with van der Waals surface area (Å²) in [6, 6.07) is 3.24. The fourth-order valence-electron chi connectivity index (χ4n) is 1.46. The van der Waals surface area contributed by atoms with Crippen molar-refractivity contribution >= 4 is 5.91 Å². The molecule has 0 radical (unpaired) electrons. The monoisotopic (exact) mass is 237 g/mol. The van der Waals surface area contributed by atoms with Gasteiger partial charge in [0.25, 0.3) is 11.5 Å². The van der Waals surface area contributed by atoms with Gasteiger partial charge in [-0.2, -0.15) is 0 Å². The maximum absolute atomic E-state index is 11.7. The Morgan fingerprint density at radius 2 is 2.18 bits per heavy atom. The summed E-state index contributed by atoms with van der Waals surface area (Å²) in [4.78, 5) is 25.4. The van der Waals surface area contributed by atoms with Crippen molar-refractivity contribution in [2.45, 2.75) is 6.42 Å². The number of pyridine rings is 1. The minimum atomic E-state index is -0.301. The third kappa shape index (κ3) is 4.03. The van der Waals surface area contributed by atoms with E-state index >= 15 is 0 Å². The fraction of sp³-hybridized carbons (Fsp3) is 0.500. The highest BCUT2D eigenvalue weighted by Crippen LogP contribution is 1.91. The molecule has 0 saturated carbocycles. The van der Waals surface area contributed by atoms with Crippen molar-refractivity contribution < 1.29 is 4.79 Å². The van der Waals surface area contributed by atoms with Crippen LogP contribution in [0.1, 0.15) is 16.8 Å². The molecule has 1 aromatic heterocycles. The molecule has 0 unspecified atom stereocenters. The average molecular weight is 237 g/mol. The third-order valence-corrected chi connectivity index (χ3v) is 2.44. The zero-order valence-electron chi connectivity index (χ0n) is 10.6. The first-order chi connectivity index (χ1) is 8.02. The number of nitrogens with zero attached hydrogens (tertiary/aromatic N) is 2. The Hall–Kier alpha value is -1.62. The highest BCUT2D eigenvalue weighted by atomic mass is 16.2. The number of aryl methyl sites for hydroxylation is 1. The number of nitrogens with one attached hydrogen (secondary N) is 1. The minimum absolute atomic E-state index is 0.194. The van der Waals surface area contributed by atoms with Crippen LogP contribution < -0.4 is 10.9 Å². The van der Waals surface area contributed by atoms with Crippen molar-refractivity contribution in [2.75, 3.05) is 27.2 Å². The van der Waals surface area contributed by atoms with E-state index in [-0.39, 0.29) is 17.0 Å². The van der Waals surface area contributed by atoms with Crippen molar-refractivity contribution in [3.8, 4) is 0 Å². The smallest absolute Gasteiger partial charge is 0.263 e. The summed E-state index contributed by atoms with van der Waals surface area (Å²) in [5, 5.41) is 2.74. The van der Waals surface area contributed by atoms with Crippen LogP contribution in [0.15, 0.2) is 23.1 Å². The highest BCUT2D eigenvalue weighted by Gasteiger charge is 2.09. The van der Waals surface area contributed by atoms with E-state index in [1.165, 1.54) is 4.57 Å². The van der Waals surface area contributed by atoms with Crippen LogP contribution in [0.4, 0.5) is 0 Å². The van der Waals surface area contributed by atoms with Crippen LogP contribution >= 0.6 is 0 Å². The van der Waals surface area contributed by atoms with Crippen molar-refractivity contribution in [1.82, 2.24) is 14.8 Å². The summed E-state index contributed by atoms with van der Waals surface area (Å²) in [6.45, 7) is 1.49. The summed E-state index contributed by atoms with van der Waals surface area (Å²) in [6.07, 6.45) is 2.50. The predicted octanol–water partition coefficient (Wildman–Crippen LogP) is 0.0668. The largest absolute Gasteiger partial charge is 0.352 e. The first-order valence-corrected chi connectivity index (χ1v) is 5.61. The van der Waals surface area contributed by atoms with Crippen molar-refractivity contribution in [3.63, 3.8) is 0 Å². The van der Waals surface area contributed by atoms with Gasteiger partial charge < -0.3 is 14.8 Å². The Balaban J connectivity index is 2.53. The number of amides is 1. The molecular formula is C12H19N3O2. The zero-order chi connectivity index (χ0) is 12.8. The molecule has 0 saturated heterocycles. The van der Waals surface area contributed by atoms with E-state index in [1.807, 2.05) is 19.0 Å². The van der Waals surface area contributed by atoms with Gasteiger partial charge in [0, 0.05) is 19.8 Å². The molecule has 1 N–H and O–H groups in total. The molecule has 5 nitrogen and oxygen atoms in total. The van der Waals surface area contributed by atoms with Crippen LogP contribution in [0.3, 0.4) is 0 Å². The van der Waals surface area contributed by atoms with E-state index in [2.05, 4.69) is 5.32 Å². The van der Waals surface area contributed by atoms with Gasteiger partial charge in [-0.05, 0) is 39.2 Å². The number of rotatable bonds is 5. The summed E-state index contributed by atoms with van der Waals surface area (Å²) in [5.41, 5.74) is -0.0718. The van der Waals surface area contributed by atoms with Gasteiger partial charge in [-0.3, -0.25) is 9.59 Å². The maximum Gasteiger partial charge on any atom is 0.263 e. The van der Waals surface area contributed by atoms with Crippen molar-refractivity contribution in [1.29, 1.82) is 0 Å². The Labute approximate surface area is 101 Å². The number of aromatic nitrogens is 1. The lowest BCUT2D eigenvalue weighted by Gasteiger charge is -2.09. The predicted molar refractivity (Wildman–Crippen MR) is 67.2 cm³/mol. The molecule has 0 aromatic carbocycles. The van der Waals surface area contributed by atoms with Crippen LogP contribution in [-0.4, -0.2) is 42.6 Å². The van der Waals surface area contributed by atoms with E-state index in [1.54, 1.807) is 25.4 Å². The second kappa shape index (κ2) is 6.20. The molecule has 1 rings (SSSR count). The van der Waals surface area contributed by atoms with Gasteiger partial charge in [-0.15, -0.1) is 0 Å². The molecule has 1 aromatic rings. The lowest BCUT2D eigenvalue weighted by Crippen LogP contribution is -2.33. The molecule has 0 aliphatic rings. The SMILES string of the molecule is CN(C)CCCNC(=O)c1cccn(C)c1=O. The first kappa shape index (κ1) is 13.4. The van der Waals surface area contributed by atoms with Crippen LogP contribution in [0, 0.1) is 0 Å². The third-order valence-electron chi connectivity index (χ3n) is 2.44. The molecule has 1 amide bonds. The lowest BCUT2D eigenvalue weighted by atomic mass is 10.2. The molecule has 0 bridgehead atoms. The molecule has 0 spiro atoms. The maximum atomic E-state index is 11.7. The molecule has 0 aliphatic heterocycles. The minimum Gasteiger partial charge on any atom is -0.352 e. The summed E-state index contributed by atoms with van der Waals surface area (Å²) >= 11 is 0. The molecule has 1 heterocycles. The van der Waals surface area contributed by atoms with Crippen molar-refractivity contribution in [2.24, 2.45) is 7.05 Å². The molecular weight excluding hydrogens is 218 g/mol. The van der Waals surface area contributed by atoms with Crippen LogP contribution in [0.5, 0.6) is 0 Å². The van der Waals surface area contributed by atoms with Crippen LogP contribution in [0.25, 0.3) is 0 Å². The molecule has 0 fully saturated rings. The van der Waals surface area contributed by atoms with Gasteiger partial charge in [-0.1, -0.05) is 0 Å². The van der Waals surface area contributed by atoms with E-state index in [9.17, 15) is 9.59 Å². The second-order valence-corrected chi connectivity index (χ2v) is 4.25. The highest BCUT2D eigenvalue weighted by molar-refractivity contribution is 5.93. The Morgan fingerprint density at radius 3 is 2.82 bits per heavy atom.